The molecule has 0 aliphatic rings. The Labute approximate surface area is 113 Å². The maximum atomic E-state index is 10.9. The van der Waals surface area contributed by atoms with E-state index in [2.05, 4.69) is 43.5 Å². The quantitative estimate of drug-likeness (QED) is 0.404. The van der Waals surface area contributed by atoms with E-state index < -0.39 is 0 Å². The Morgan fingerprint density at radius 1 is 1.25 bits per heavy atom. The fourth-order valence-electron chi connectivity index (χ4n) is 1.10. The van der Waals surface area contributed by atoms with Crippen LogP contribution in [0.1, 0.15) is 0 Å². The summed E-state index contributed by atoms with van der Waals surface area (Å²) in [5.74, 6) is 0.222. The van der Waals surface area contributed by atoms with Gasteiger partial charge in [-0.2, -0.15) is 0 Å². The highest BCUT2D eigenvalue weighted by Crippen LogP contribution is 2.26. The van der Waals surface area contributed by atoms with Gasteiger partial charge >= 0.3 is 5.63 Å². The molecule has 0 atom stereocenters. The van der Waals surface area contributed by atoms with Crippen molar-refractivity contribution in [3.63, 3.8) is 0 Å². The van der Waals surface area contributed by atoms with E-state index in [0.717, 1.165) is 14.3 Å². The van der Waals surface area contributed by atoms with Crippen molar-refractivity contribution in [2.75, 3.05) is 0 Å². The van der Waals surface area contributed by atoms with Gasteiger partial charge < -0.3 is 4.42 Å². The van der Waals surface area contributed by atoms with Gasteiger partial charge in [0.15, 0.2) is 5.58 Å². The van der Waals surface area contributed by atoms with Crippen LogP contribution in [0.5, 0.6) is 0 Å². The van der Waals surface area contributed by atoms with Crippen LogP contribution in [0.25, 0.3) is 11.0 Å². The number of carbonyl (C=O) groups is 1. The van der Waals surface area contributed by atoms with Crippen LogP contribution in [0.3, 0.4) is 0 Å². The van der Waals surface area contributed by atoms with Crippen LogP contribution < -0.4 is 5.63 Å². The lowest BCUT2D eigenvalue weighted by molar-refractivity contribution is 0.559. The van der Waals surface area contributed by atoms with E-state index in [-0.39, 0.29) is 11.4 Å². The fraction of sp³-hybridized carbons (Fsp3) is 0. The molecule has 0 saturated heterocycles. The predicted octanol–water partition coefficient (Wildman–Crippen LogP) is 3.73. The highest BCUT2D eigenvalue weighted by atomic mass is 79.9. The molecule has 0 aliphatic carbocycles. The van der Waals surface area contributed by atoms with Crippen LogP contribution in [0, 0.1) is 0 Å². The molecular weight excluding hydrogens is 363 g/mol. The number of hydrogen-bond acceptors (Lipinski definition) is 3. The molecule has 0 amide bonds. The molecule has 0 spiro atoms. The third-order valence-corrected chi connectivity index (χ3v) is 2.69. The average molecular weight is 368 g/mol. The van der Waals surface area contributed by atoms with Gasteiger partial charge in [-0.1, -0.05) is 15.9 Å². The van der Waals surface area contributed by atoms with Gasteiger partial charge in [0.2, 0.25) is 5.75 Å². The largest absolute Gasteiger partial charge is 0.422 e. The molecule has 0 bridgehead atoms. The van der Waals surface area contributed by atoms with Crippen LogP contribution >= 0.6 is 43.5 Å². The lowest BCUT2D eigenvalue weighted by Crippen LogP contribution is -1.94. The fourth-order valence-corrected chi connectivity index (χ4v) is 2.44. The predicted molar refractivity (Wildman–Crippen MR) is 70.5 cm³/mol. The lowest BCUT2D eigenvalue weighted by Gasteiger charge is -1.98. The van der Waals surface area contributed by atoms with Gasteiger partial charge in [0.1, 0.15) is 0 Å². The maximum Gasteiger partial charge on any atom is 0.336 e. The third-order valence-electron chi connectivity index (χ3n) is 1.64. The Balaban J connectivity index is 0.000000386. The molecule has 1 heterocycles. The molecule has 0 saturated carbocycles. The zero-order chi connectivity index (χ0) is 12.1. The Bertz CT molecular complexity index is 565. The zero-order valence-electron chi connectivity index (χ0n) is 7.75. The first kappa shape index (κ1) is 13.4. The second kappa shape index (κ2) is 6.18. The summed E-state index contributed by atoms with van der Waals surface area (Å²) in [7, 11) is 0. The molecule has 1 aromatic heterocycles. The number of halogens is 3. The number of rotatable bonds is 0. The number of fused-ring (bicyclic) bond motifs is 1. The second-order valence-electron chi connectivity index (χ2n) is 2.65. The monoisotopic (exact) mass is 366 g/mol. The van der Waals surface area contributed by atoms with E-state index >= 15 is 0 Å². The van der Waals surface area contributed by atoms with E-state index in [1.54, 1.807) is 6.07 Å². The maximum absolute atomic E-state index is 10.9. The molecule has 0 N–H and O–H groups in total. The van der Waals surface area contributed by atoms with Gasteiger partial charge in [-0.3, -0.25) is 4.79 Å². The van der Waals surface area contributed by atoms with Gasteiger partial charge in [0.25, 0.3) is 0 Å². The Morgan fingerprint density at radius 3 is 2.50 bits per heavy atom. The molecule has 2 aromatic rings. The third kappa shape index (κ3) is 3.43. The first-order chi connectivity index (χ1) is 7.58. The van der Waals surface area contributed by atoms with Crippen LogP contribution in [0.2, 0.25) is 0 Å². The standard InChI is InChI=1S/C9H4Br2O2.CHClO/c10-6-3-5-1-2-8(12)13-9(5)7(11)4-6;2-1-3/h1-4H;1H. The summed E-state index contributed by atoms with van der Waals surface area (Å²) in [5, 5.41) is 0.890. The Morgan fingerprint density at radius 2 is 1.88 bits per heavy atom. The van der Waals surface area contributed by atoms with Gasteiger partial charge in [0, 0.05) is 15.9 Å². The zero-order valence-corrected chi connectivity index (χ0v) is 11.7. The highest BCUT2D eigenvalue weighted by Gasteiger charge is 2.02. The summed E-state index contributed by atoms with van der Waals surface area (Å²) >= 11 is 11.0. The first-order valence-electron chi connectivity index (χ1n) is 4.01. The van der Waals surface area contributed by atoms with Crippen LogP contribution in [0.15, 0.2) is 42.4 Å². The van der Waals surface area contributed by atoms with Crippen LogP contribution in [-0.4, -0.2) is 5.75 Å². The summed E-state index contributed by atoms with van der Waals surface area (Å²) in [4.78, 5) is 19.5. The minimum atomic E-state index is -0.337. The van der Waals surface area contributed by atoms with E-state index in [4.69, 9.17) is 9.21 Å². The molecule has 3 nitrogen and oxygen atoms in total. The first-order valence-corrected chi connectivity index (χ1v) is 6.03. The average Bonchev–Trinajstić information content (AvgIpc) is 2.20. The van der Waals surface area contributed by atoms with Crippen molar-refractivity contribution >= 4 is 60.2 Å². The van der Waals surface area contributed by atoms with Crippen molar-refractivity contribution in [3.8, 4) is 0 Å². The second-order valence-corrected chi connectivity index (χ2v) is 4.60. The summed E-state index contributed by atoms with van der Waals surface area (Å²) in [6.07, 6.45) is 0. The smallest absolute Gasteiger partial charge is 0.336 e. The van der Waals surface area contributed by atoms with Crippen molar-refractivity contribution in [2.24, 2.45) is 0 Å². The van der Waals surface area contributed by atoms with Gasteiger partial charge in [-0.25, -0.2) is 4.79 Å². The molecule has 0 unspecified atom stereocenters. The topological polar surface area (TPSA) is 47.3 Å². The highest BCUT2D eigenvalue weighted by molar-refractivity contribution is 9.11. The van der Waals surface area contributed by atoms with Crippen molar-refractivity contribution in [1.82, 2.24) is 0 Å². The van der Waals surface area contributed by atoms with E-state index in [1.807, 2.05) is 12.1 Å². The van der Waals surface area contributed by atoms with Crippen LogP contribution in [0.4, 0.5) is 0 Å². The van der Waals surface area contributed by atoms with Crippen molar-refractivity contribution in [1.29, 1.82) is 0 Å². The SMILES string of the molecule is O=CCl.O=c1ccc2cc(Br)cc(Br)c2o1. The number of carbonyl (C=O) groups excluding carboxylic acids is 1. The molecular formula is C10H5Br2ClO3. The molecule has 1 aromatic carbocycles. The minimum Gasteiger partial charge on any atom is -0.422 e. The number of hydrogen-bond donors (Lipinski definition) is 0. The molecule has 0 aliphatic heterocycles. The normalized spacial score (nSPS) is 9.44. The summed E-state index contributed by atoms with van der Waals surface area (Å²) in [5.41, 5.74) is 0.242. The summed E-state index contributed by atoms with van der Waals surface area (Å²) < 4.78 is 6.74. The Kier molecular flexibility index (Phi) is 5.18. The van der Waals surface area contributed by atoms with Crippen molar-refractivity contribution in [2.45, 2.75) is 0 Å². The van der Waals surface area contributed by atoms with Crippen molar-refractivity contribution in [3.05, 3.63) is 43.6 Å². The summed E-state index contributed by atoms with van der Waals surface area (Å²) in [6, 6.07) is 6.87. The van der Waals surface area contributed by atoms with E-state index in [1.165, 1.54) is 6.07 Å². The molecule has 84 valence electrons. The van der Waals surface area contributed by atoms with E-state index in [0.29, 0.717) is 5.58 Å². The molecule has 16 heavy (non-hydrogen) atoms. The number of benzene rings is 1. The van der Waals surface area contributed by atoms with Gasteiger partial charge in [-0.05, 0) is 45.7 Å². The van der Waals surface area contributed by atoms with Gasteiger partial charge in [0.05, 0.1) is 4.47 Å². The molecule has 0 fully saturated rings. The van der Waals surface area contributed by atoms with Crippen LogP contribution in [-0.2, 0) is 4.79 Å². The van der Waals surface area contributed by atoms with Crippen molar-refractivity contribution < 1.29 is 9.21 Å². The van der Waals surface area contributed by atoms with Gasteiger partial charge in [-0.15, -0.1) is 0 Å². The molecule has 2 rings (SSSR count). The molecule has 0 radical (unpaired) electrons. The minimum absolute atomic E-state index is 0.222. The lowest BCUT2D eigenvalue weighted by atomic mass is 10.2. The molecule has 6 heteroatoms. The summed E-state index contributed by atoms with van der Waals surface area (Å²) in [6.45, 7) is 0. The Hall–Kier alpha value is -0.650. The van der Waals surface area contributed by atoms with E-state index in [9.17, 15) is 4.79 Å².